The van der Waals surface area contributed by atoms with Crippen molar-refractivity contribution in [2.75, 3.05) is 0 Å². The van der Waals surface area contributed by atoms with Gasteiger partial charge >= 0.3 is 0 Å². The molecular weight excluding hydrogens is 216 g/mol. The topological polar surface area (TPSA) is 0 Å². The summed E-state index contributed by atoms with van der Waals surface area (Å²) < 4.78 is 0. The number of allylic oxidation sites excluding steroid dienone is 2. The molecule has 0 heterocycles. The van der Waals surface area contributed by atoms with E-state index in [1.54, 1.807) is 12.8 Å². The van der Waals surface area contributed by atoms with Crippen LogP contribution < -0.4 is 0 Å². The van der Waals surface area contributed by atoms with Gasteiger partial charge in [0, 0.05) is 0 Å². The largest absolute Gasteiger partial charge is 0.0885 e. The zero-order chi connectivity index (χ0) is 12.8. The van der Waals surface area contributed by atoms with Gasteiger partial charge in [0.2, 0.25) is 0 Å². The molecule has 2 rings (SSSR count). The Morgan fingerprint density at radius 3 is 1.83 bits per heavy atom. The number of hydrogen-bond acceptors (Lipinski definition) is 0. The van der Waals surface area contributed by atoms with E-state index >= 15 is 0 Å². The maximum Gasteiger partial charge on any atom is -0.0233 e. The summed E-state index contributed by atoms with van der Waals surface area (Å²) in [7, 11) is 0. The minimum Gasteiger partial charge on any atom is -0.0885 e. The lowest BCUT2D eigenvalue weighted by atomic mass is 9.69. The van der Waals surface area contributed by atoms with Crippen LogP contribution in [0.4, 0.5) is 0 Å². The van der Waals surface area contributed by atoms with Crippen molar-refractivity contribution in [2.24, 2.45) is 23.7 Å². The average Bonchev–Trinajstić information content (AvgIpc) is 2.46. The molecule has 0 saturated heterocycles. The summed E-state index contributed by atoms with van der Waals surface area (Å²) in [6, 6.07) is 0. The molecule has 0 bridgehead atoms. The van der Waals surface area contributed by atoms with Crippen LogP contribution >= 0.6 is 0 Å². The third kappa shape index (κ3) is 3.87. The summed E-state index contributed by atoms with van der Waals surface area (Å²) >= 11 is 0. The highest BCUT2D eigenvalue weighted by molar-refractivity contribution is 4.91. The molecule has 0 atom stereocenters. The highest BCUT2D eigenvalue weighted by atomic mass is 14.3. The molecule has 0 aromatic rings. The number of hydrogen-bond donors (Lipinski definition) is 0. The van der Waals surface area contributed by atoms with Crippen molar-refractivity contribution in [1.82, 2.24) is 0 Å². The second kappa shape index (κ2) is 7.36. The first kappa shape index (κ1) is 14.2. The molecule has 0 amide bonds. The normalized spacial score (nSPS) is 38.1. The SMILES string of the molecule is CCC=CC1CCC(C2CCC(CC)CC2)CC1. The van der Waals surface area contributed by atoms with Crippen molar-refractivity contribution in [2.45, 2.75) is 78.1 Å². The zero-order valence-corrected chi connectivity index (χ0v) is 12.5. The van der Waals surface area contributed by atoms with Gasteiger partial charge in [-0.25, -0.2) is 0 Å². The smallest absolute Gasteiger partial charge is 0.0233 e. The molecule has 0 nitrogen and oxygen atoms in total. The van der Waals surface area contributed by atoms with E-state index in [4.69, 9.17) is 0 Å². The monoisotopic (exact) mass is 248 g/mol. The van der Waals surface area contributed by atoms with Gasteiger partial charge in [0.15, 0.2) is 0 Å². The fourth-order valence-corrected chi connectivity index (χ4v) is 4.21. The summed E-state index contributed by atoms with van der Waals surface area (Å²) in [5.41, 5.74) is 0. The molecule has 2 aliphatic carbocycles. The molecule has 2 saturated carbocycles. The van der Waals surface area contributed by atoms with Gasteiger partial charge in [-0.2, -0.15) is 0 Å². The average molecular weight is 248 g/mol. The Bertz CT molecular complexity index is 237. The van der Waals surface area contributed by atoms with Crippen LogP contribution in [0.15, 0.2) is 12.2 Å². The van der Waals surface area contributed by atoms with Gasteiger partial charge in [-0.15, -0.1) is 0 Å². The molecule has 2 aliphatic rings. The highest BCUT2D eigenvalue weighted by Gasteiger charge is 2.29. The minimum atomic E-state index is 0.910. The van der Waals surface area contributed by atoms with E-state index in [1.807, 2.05) is 0 Å². The van der Waals surface area contributed by atoms with Crippen molar-refractivity contribution in [3.05, 3.63) is 12.2 Å². The second-order valence-electron chi connectivity index (χ2n) is 6.70. The lowest BCUT2D eigenvalue weighted by molar-refractivity contribution is 0.154. The van der Waals surface area contributed by atoms with E-state index < -0.39 is 0 Å². The van der Waals surface area contributed by atoms with Crippen LogP contribution in [0.3, 0.4) is 0 Å². The van der Waals surface area contributed by atoms with Crippen molar-refractivity contribution in [3.63, 3.8) is 0 Å². The maximum absolute atomic E-state index is 2.49. The Kier molecular flexibility index (Phi) is 5.79. The Morgan fingerprint density at radius 1 is 0.778 bits per heavy atom. The van der Waals surface area contributed by atoms with E-state index in [-0.39, 0.29) is 0 Å². The maximum atomic E-state index is 2.49. The lowest BCUT2D eigenvalue weighted by Crippen LogP contribution is -2.25. The molecule has 0 unspecified atom stereocenters. The predicted octanol–water partition coefficient (Wildman–Crippen LogP) is 5.98. The van der Waals surface area contributed by atoms with Gasteiger partial charge in [0.25, 0.3) is 0 Å². The molecule has 18 heavy (non-hydrogen) atoms. The quantitative estimate of drug-likeness (QED) is 0.537. The van der Waals surface area contributed by atoms with Crippen LogP contribution in [0.5, 0.6) is 0 Å². The van der Waals surface area contributed by atoms with Gasteiger partial charge in [-0.05, 0) is 68.6 Å². The molecule has 2 fully saturated rings. The van der Waals surface area contributed by atoms with Crippen LogP contribution in [0, 0.1) is 23.7 Å². The fourth-order valence-electron chi connectivity index (χ4n) is 4.21. The van der Waals surface area contributed by atoms with Crippen LogP contribution in [0.25, 0.3) is 0 Å². The van der Waals surface area contributed by atoms with Crippen LogP contribution in [0.2, 0.25) is 0 Å². The Morgan fingerprint density at radius 2 is 1.33 bits per heavy atom. The first-order chi connectivity index (χ1) is 8.83. The Balaban J connectivity index is 1.71. The van der Waals surface area contributed by atoms with Crippen molar-refractivity contribution in [3.8, 4) is 0 Å². The summed E-state index contributed by atoms with van der Waals surface area (Å²) in [5.74, 6) is 4.14. The van der Waals surface area contributed by atoms with Crippen molar-refractivity contribution in [1.29, 1.82) is 0 Å². The van der Waals surface area contributed by atoms with Crippen molar-refractivity contribution >= 4 is 0 Å². The van der Waals surface area contributed by atoms with Gasteiger partial charge in [0.05, 0.1) is 0 Å². The van der Waals surface area contributed by atoms with Gasteiger partial charge < -0.3 is 0 Å². The van der Waals surface area contributed by atoms with Crippen molar-refractivity contribution < 1.29 is 0 Å². The molecule has 0 spiro atoms. The first-order valence-corrected chi connectivity index (χ1v) is 8.50. The zero-order valence-electron chi connectivity index (χ0n) is 12.5. The van der Waals surface area contributed by atoms with Crippen LogP contribution in [-0.4, -0.2) is 0 Å². The molecule has 104 valence electrons. The van der Waals surface area contributed by atoms with Crippen LogP contribution in [0.1, 0.15) is 78.1 Å². The van der Waals surface area contributed by atoms with E-state index in [0.29, 0.717) is 0 Å². The summed E-state index contributed by atoms with van der Waals surface area (Å²) in [6.45, 7) is 4.62. The number of rotatable bonds is 4. The third-order valence-electron chi connectivity index (χ3n) is 5.60. The lowest BCUT2D eigenvalue weighted by Gasteiger charge is -2.37. The second-order valence-corrected chi connectivity index (χ2v) is 6.70. The molecule has 0 N–H and O–H groups in total. The van der Waals surface area contributed by atoms with Gasteiger partial charge in [0.1, 0.15) is 0 Å². The summed E-state index contributed by atoms with van der Waals surface area (Å²) in [6.07, 6.45) is 19.6. The highest BCUT2D eigenvalue weighted by Crippen LogP contribution is 2.42. The molecule has 0 aromatic heterocycles. The van der Waals surface area contributed by atoms with E-state index in [9.17, 15) is 0 Å². The Hall–Kier alpha value is -0.260. The Labute approximate surface area is 114 Å². The van der Waals surface area contributed by atoms with Gasteiger partial charge in [-0.1, -0.05) is 45.3 Å². The predicted molar refractivity (Wildman–Crippen MR) is 80.6 cm³/mol. The summed E-state index contributed by atoms with van der Waals surface area (Å²) in [4.78, 5) is 0. The standard InChI is InChI=1S/C18H32/c1-3-5-6-16-9-13-18(14-10-16)17-11-7-15(4-2)8-12-17/h5-6,15-18H,3-4,7-14H2,1-2H3. The van der Waals surface area contributed by atoms with E-state index in [2.05, 4.69) is 26.0 Å². The van der Waals surface area contributed by atoms with Gasteiger partial charge in [-0.3, -0.25) is 0 Å². The molecule has 0 heteroatoms. The first-order valence-electron chi connectivity index (χ1n) is 8.50. The molecular formula is C18H32. The van der Waals surface area contributed by atoms with E-state index in [0.717, 1.165) is 23.7 Å². The minimum absolute atomic E-state index is 0.910. The molecule has 0 aromatic carbocycles. The van der Waals surface area contributed by atoms with E-state index in [1.165, 1.54) is 51.4 Å². The van der Waals surface area contributed by atoms with Crippen LogP contribution in [-0.2, 0) is 0 Å². The fraction of sp³-hybridized carbons (Fsp3) is 0.889. The summed E-state index contributed by atoms with van der Waals surface area (Å²) in [5, 5.41) is 0. The third-order valence-corrected chi connectivity index (χ3v) is 5.60. The molecule has 0 aliphatic heterocycles. The molecule has 0 radical (unpaired) electrons.